The lowest BCUT2D eigenvalue weighted by molar-refractivity contribution is 0.522. The van der Waals surface area contributed by atoms with Crippen LogP contribution in [0.4, 0.5) is 11.6 Å². The van der Waals surface area contributed by atoms with E-state index in [1.165, 1.54) is 0 Å². The van der Waals surface area contributed by atoms with Crippen molar-refractivity contribution >= 4 is 11.6 Å². The average Bonchev–Trinajstić information content (AvgIpc) is 2.49. The molecule has 0 unspecified atom stereocenters. The summed E-state index contributed by atoms with van der Waals surface area (Å²) in [5.74, 6) is 1.93. The van der Waals surface area contributed by atoms with Crippen molar-refractivity contribution in [1.82, 2.24) is 19.9 Å². The van der Waals surface area contributed by atoms with Crippen LogP contribution >= 0.6 is 0 Å². The van der Waals surface area contributed by atoms with Crippen LogP contribution in [0.5, 0.6) is 0 Å². The molecule has 3 rings (SSSR count). The summed E-state index contributed by atoms with van der Waals surface area (Å²) in [5.41, 5.74) is 1.01. The first-order valence-electron chi connectivity index (χ1n) is 6.87. The van der Waals surface area contributed by atoms with Crippen LogP contribution in [-0.4, -0.2) is 39.1 Å². The highest BCUT2D eigenvalue weighted by Crippen LogP contribution is 2.19. The van der Waals surface area contributed by atoms with Crippen LogP contribution < -0.4 is 10.2 Å². The Hall–Kier alpha value is -2.24. The molecule has 6 heteroatoms. The minimum Gasteiger partial charge on any atom is -0.367 e. The number of hydrogen-bond acceptors (Lipinski definition) is 6. The van der Waals surface area contributed by atoms with Crippen LogP contribution in [0.25, 0.3) is 0 Å². The molecule has 0 atom stereocenters. The molecule has 0 aromatic carbocycles. The number of rotatable bonds is 3. The Morgan fingerprint density at radius 3 is 2.70 bits per heavy atom. The van der Waals surface area contributed by atoms with Crippen LogP contribution in [0.3, 0.4) is 0 Å². The van der Waals surface area contributed by atoms with Gasteiger partial charge in [0, 0.05) is 37.1 Å². The zero-order chi connectivity index (χ0) is 13.8. The third-order valence-electron chi connectivity index (χ3n) is 3.54. The molecular weight excluding hydrogens is 252 g/mol. The Balaban J connectivity index is 1.57. The zero-order valence-electron chi connectivity index (χ0n) is 11.5. The van der Waals surface area contributed by atoms with Crippen molar-refractivity contribution in [2.45, 2.75) is 25.8 Å². The van der Waals surface area contributed by atoms with Crippen LogP contribution in [0.1, 0.15) is 18.5 Å². The molecule has 1 fully saturated rings. The molecule has 1 aliphatic rings. The summed E-state index contributed by atoms with van der Waals surface area (Å²) in [7, 11) is 0. The molecular formula is C14H18N6. The van der Waals surface area contributed by atoms with E-state index in [-0.39, 0.29) is 0 Å². The third kappa shape index (κ3) is 3.01. The van der Waals surface area contributed by atoms with E-state index in [2.05, 4.69) is 30.2 Å². The largest absolute Gasteiger partial charge is 0.367 e. The van der Waals surface area contributed by atoms with Gasteiger partial charge in [0.25, 0.3) is 0 Å². The van der Waals surface area contributed by atoms with E-state index in [1.807, 2.05) is 19.1 Å². The Morgan fingerprint density at radius 1 is 1.15 bits per heavy atom. The standard InChI is InChI=1S/C14H18N6/c1-11-8-14(18-10-16-11)20-6-3-12(4-7-20)19-13-2-5-15-9-17-13/h2,5,8-10,12H,3-4,6-7H2,1H3,(H,15,17,19). The highest BCUT2D eigenvalue weighted by molar-refractivity contribution is 5.40. The van der Waals surface area contributed by atoms with Crippen molar-refractivity contribution in [1.29, 1.82) is 0 Å². The van der Waals surface area contributed by atoms with Gasteiger partial charge >= 0.3 is 0 Å². The lowest BCUT2D eigenvalue weighted by Gasteiger charge is -2.33. The second kappa shape index (κ2) is 5.81. The van der Waals surface area contributed by atoms with Gasteiger partial charge in [0.15, 0.2) is 0 Å². The molecule has 0 saturated carbocycles. The first kappa shape index (κ1) is 12.8. The predicted octanol–water partition coefficient (Wildman–Crippen LogP) is 1.66. The average molecular weight is 270 g/mol. The predicted molar refractivity (Wildman–Crippen MR) is 77.7 cm³/mol. The molecule has 104 valence electrons. The molecule has 0 radical (unpaired) electrons. The molecule has 6 nitrogen and oxygen atoms in total. The third-order valence-corrected chi connectivity index (χ3v) is 3.54. The van der Waals surface area contributed by atoms with Crippen molar-refractivity contribution < 1.29 is 0 Å². The normalized spacial score (nSPS) is 16.1. The van der Waals surface area contributed by atoms with Crippen LogP contribution in [0.2, 0.25) is 0 Å². The Bertz CT molecular complexity index is 551. The molecule has 0 spiro atoms. The van der Waals surface area contributed by atoms with Gasteiger partial charge in [-0.25, -0.2) is 19.9 Å². The fourth-order valence-corrected chi connectivity index (χ4v) is 2.45. The Morgan fingerprint density at radius 2 is 2.00 bits per heavy atom. The number of anilines is 2. The topological polar surface area (TPSA) is 66.8 Å². The summed E-state index contributed by atoms with van der Waals surface area (Å²) >= 11 is 0. The van der Waals surface area contributed by atoms with E-state index in [0.717, 1.165) is 43.3 Å². The van der Waals surface area contributed by atoms with Crippen molar-refractivity contribution in [3.8, 4) is 0 Å². The first-order valence-corrected chi connectivity index (χ1v) is 6.87. The van der Waals surface area contributed by atoms with Gasteiger partial charge in [0.05, 0.1) is 0 Å². The number of aryl methyl sites for hydroxylation is 1. The van der Waals surface area contributed by atoms with Gasteiger partial charge in [-0.05, 0) is 25.8 Å². The van der Waals surface area contributed by atoms with Crippen molar-refractivity contribution in [3.05, 3.63) is 36.7 Å². The molecule has 2 aromatic rings. The summed E-state index contributed by atoms with van der Waals surface area (Å²) < 4.78 is 0. The molecule has 20 heavy (non-hydrogen) atoms. The van der Waals surface area contributed by atoms with E-state index in [1.54, 1.807) is 18.9 Å². The first-order chi connectivity index (χ1) is 9.81. The van der Waals surface area contributed by atoms with Crippen molar-refractivity contribution in [2.24, 2.45) is 0 Å². The van der Waals surface area contributed by atoms with Gasteiger partial charge in [-0.2, -0.15) is 0 Å². The molecule has 0 aliphatic carbocycles. The lowest BCUT2D eigenvalue weighted by atomic mass is 10.1. The van der Waals surface area contributed by atoms with E-state index in [0.29, 0.717) is 6.04 Å². The molecule has 1 aliphatic heterocycles. The smallest absolute Gasteiger partial charge is 0.132 e. The number of nitrogens with zero attached hydrogens (tertiary/aromatic N) is 5. The maximum Gasteiger partial charge on any atom is 0.132 e. The summed E-state index contributed by atoms with van der Waals surface area (Å²) in [6, 6.07) is 4.40. The van der Waals surface area contributed by atoms with Gasteiger partial charge < -0.3 is 10.2 Å². The Labute approximate surface area is 118 Å². The van der Waals surface area contributed by atoms with Crippen molar-refractivity contribution in [2.75, 3.05) is 23.3 Å². The quantitative estimate of drug-likeness (QED) is 0.915. The van der Waals surface area contributed by atoms with Crippen molar-refractivity contribution in [3.63, 3.8) is 0 Å². The second-order valence-electron chi connectivity index (χ2n) is 5.02. The van der Waals surface area contributed by atoms with Gasteiger partial charge in [0.1, 0.15) is 24.3 Å². The van der Waals surface area contributed by atoms with Gasteiger partial charge in [-0.1, -0.05) is 0 Å². The van der Waals surface area contributed by atoms with E-state index >= 15 is 0 Å². The zero-order valence-corrected chi connectivity index (χ0v) is 11.5. The van der Waals surface area contributed by atoms with E-state index in [9.17, 15) is 0 Å². The Kier molecular flexibility index (Phi) is 3.71. The maximum absolute atomic E-state index is 4.35. The summed E-state index contributed by atoms with van der Waals surface area (Å²) in [4.78, 5) is 18.9. The van der Waals surface area contributed by atoms with Crippen LogP contribution in [-0.2, 0) is 0 Å². The molecule has 1 N–H and O–H groups in total. The molecule has 1 saturated heterocycles. The number of piperidine rings is 1. The highest BCUT2D eigenvalue weighted by Gasteiger charge is 2.20. The second-order valence-corrected chi connectivity index (χ2v) is 5.02. The number of aromatic nitrogens is 4. The minimum absolute atomic E-state index is 0.462. The number of hydrogen-bond donors (Lipinski definition) is 1. The summed E-state index contributed by atoms with van der Waals surface area (Å²) in [6.07, 6.45) is 7.12. The van der Waals surface area contributed by atoms with Gasteiger partial charge in [0.2, 0.25) is 0 Å². The fraction of sp³-hybridized carbons (Fsp3) is 0.429. The molecule has 0 bridgehead atoms. The summed E-state index contributed by atoms with van der Waals surface area (Å²) in [5, 5.41) is 3.45. The number of nitrogens with one attached hydrogen (secondary N) is 1. The fourth-order valence-electron chi connectivity index (χ4n) is 2.45. The van der Waals surface area contributed by atoms with E-state index < -0.39 is 0 Å². The van der Waals surface area contributed by atoms with E-state index in [4.69, 9.17) is 0 Å². The molecule has 0 amide bonds. The minimum atomic E-state index is 0.462. The lowest BCUT2D eigenvalue weighted by Crippen LogP contribution is -2.39. The SMILES string of the molecule is Cc1cc(N2CCC(Nc3ccncn3)CC2)ncn1. The highest BCUT2D eigenvalue weighted by atomic mass is 15.2. The molecule has 3 heterocycles. The maximum atomic E-state index is 4.35. The van der Waals surface area contributed by atoms with Gasteiger partial charge in [-0.3, -0.25) is 0 Å². The monoisotopic (exact) mass is 270 g/mol. The van der Waals surface area contributed by atoms with Gasteiger partial charge in [-0.15, -0.1) is 0 Å². The van der Waals surface area contributed by atoms with Crippen LogP contribution in [0, 0.1) is 6.92 Å². The summed E-state index contributed by atoms with van der Waals surface area (Å²) in [6.45, 7) is 3.99. The molecule has 2 aromatic heterocycles. The van der Waals surface area contributed by atoms with Crippen LogP contribution in [0.15, 0.2) is 31.0 Å².